The zero-order valence-electron chi connectivity index (χ0n) is 14.8. The van der Waals surface area contributed by atoms with Crippen molar-refractivity contribution >= 4 is 34.8 Å². The van der Waals surface area contributed by atoms with Crippen LogP contribution in [0, 0.1) is 0 Å². The van der Waals surface area contributed by atoms with Crippen molar-refractivity contribution in [1.29, 1.82) is 0 Å². The SMILES string of the molecule is COc1cc(OC)c(C(=O)Nc2ccc(NC(C)=O)c(Cl)c2)cc1OC. The first kappa shape index (κ1) is 19.4. The number of rotatable bonds is 6. The van der Waals surface area contributed by atoms with Crippen molar-refractivity contribution in [2.24, 2.45) is 0 Å². The van der Waals surface area contributed by atoms with Crippen molar-refractivity contribution in [3.63, 3.8) is 0 Å². The number of nitrogens with one attached hydrogen (secondary N) is 2. The van der Waals surface area contributed by atoms with Crippen LogP contribution in [0.3, 0.4) is 0 Å². The molecule has 138 valence electrons. The topological polar surface area (TPSA) is 85.9 Å². The van der Waals surface area contributed by atoms with Crippen molar-refractivity contribution < 1.29 is 23.8 Å². The molecule has 26 heavy (non-hydrogen) atoms. The van der Waals surface area contributed by atoms with Crippen LogP contribution >= 0.6 is 11.6 Å². The van der Waals surface area contributed by atoms with E-state index in [1.807, 2.05) is 0 Å². The van der Waals surface area contributed by atoms with Crippen LogP contribution in [0.2, 0.25) is 5.02 Å². The van der Waals surface area contributed by atoms with Crippen LogP contribution in [0.25, 0.3) is 0 Å². The minimum absolute atomic E-state index is 0.237. The van der Waals surface area contributed by atoms with Gasteiger partial charge < -0.3 is 24.8 Å². The average molecular weight is 379 g/mol. The highest BCUT2D eigenvalue weighted by Gasteiger charge is 2.18. The van der Waals surface area contributed by atoms with E-state index in [9.17, 15) is 9.59 Å². The molecule has 0 atom stereocenters. The molecular formula is C18H19ClN2O5. The highest BCUT2D eigenvalue weighted by molar-refractivity contribution is 6.34. The van der Waals surface area contributed by atoms with E-state index in [-0.39, 0.29) is 11.5 Å². The summed E-state index contributed by atoms with van der Waals surface area (Å²) in [5.74, 6) is 0.534. The molecule has 0 radical (unpaired) electrons. The fraction of sp³-hybridized carbons (Fsp3) is 0.222. The molecule has 0 unspecified atom stereocenters. The van der Waals surface area contributed by atoms with E-state index in [2.05, 4.69) is 10.6 Å². The first-order chi connectivity index (χ1) is 12.4. The monoisotopic (exact) mass is 378 g/mol. The normalized spacial score (nSPS) is 10.0. The van der Waals surface area contributed by atoms with Crippen LogP contribution < -0.4 is 24.8 Å². The van der Waals surface area contributed by atoms with E-state index in [0.29, 0.717) is 33.6 Å². The molecule has 2 aromatic rings. The quantitative estimate of drug-likeness (QED) is 0.802. The van der Waals surface area contributed by atoms with Crippen molar-refractivity contribution in [2.75, 3.05) is 32.0 Å². The van der Waals surface area contributed by atoms with Crippen molar-refractivity contribution in [2.45, 2.75) is 6.92 Å². The third-order valence-electron chi connectivity index (χ3n) is 3.49. The molecule has 0 saturated heterocycles. The van der Waals surface area contributed by atoms with Crippen LogP contribution in [0.1, 0.15) is 17.3 Å². The third kappa shape index (κ3) is 4.37. The molecule has 0 aliphatic heterocycles. The Morgan fingerprint density at radius 2 is 1.50 bits per heavy atom. The van der Waals surface area contributed by atoms with Gasteiger partial charge in [-0.15, -0.1) is 0 Å². The maximum absolute atomic E-state index is 12.6. The summed E-state index contributed by atoms with van der Waals surface area (Å²) in [4.78, 5) is 23.8. The maximum Gasteiger partial charge on any atom is 0.259 e. The lowest BCUT2D eigenvalue weighted by atomic mass is 10.1. The number of carbonyl (C=O) groups excluding carboxylic acids is 2. The average Bonchev–Trinajstić information content (AvgIpc) is 2.62. The Morgan fingerprint density at radius 1 is 0.885 bits per heavy atom. The summed E-state index contributed by atoms with van der Waals surface area (Å²) >= 11 is 6.12. The standard InChI is InChI=1S/C18H19ClN2O5/c1-10(22)20-14-6-5-11(7-13(14)19)21-18(23)12-8-16(25-3)17(26-4)9-15(12)24-2/h5-9H,1-4H3,(H,20,22)(H,21,23). The fourth-order valence-corrected chi connectivity index (χ4v) is 2.52. The van der Waals surface area contributed by atoms with Gasteiger partial charge in [0.05, 0.1) is 37.6 Å². The van der Waals surface area contributed by atoms with Gasteiger partial charge in [-0.2, -0.15) is 0 Å². The summed E-state index contributed by atoms with van der Waals surface area (Å²) in [5.41, 5.74) is 1.19. The number of anilines is 2. The molecule has 0 spiro atoms. The number of methoxy groups -OCH3 is 3. The van der Waals surface area contributed by atoms with Gasteiger partial charge in [0, 0.05) is 24.7 Å². The highest BCUT2D eigenvalue weighted by atomic mass is 35.5. The number of amides is 2. The van der Waals surface area contributed by atoms with Gasteiger partial charge >= 0.3 is 0 Å². The van der Waals surface area contributed by atoms with Gasteiger partial charge in [-0.3, -0.25) is 9.59 Å². The van der Waals surface area contributed by atoms with Gasteiger partial charge in [-0.1, -0.05) is 11.6 Å². The predicted octanol–water partition coefficient (Wildman–Crippen LogP) is 3.58. The molecule has 0 heterocycles. The summed E-state index contributed by atoms with van der Waals surface area (Å²) in [5, 5.41) is 5.63. The van der Waals surface area contributed by atoms with Crippen LogP contribution in [-0.4, -0.2) is 33.1 Å². The van der Waals surface area contributed by atoms with Crippen molar-refractivity contribution in [1.82, 2.24) is 0 Å². The first-order valence-corrected chi connectivity index (χ1v) is 7.96. The van der Waals surface area contributed by atoms with E-state index in [0.717, 1.165) is 0 Å². The number of halogens is 1. The Balaban J connectivity index is 2.29. The second kappa shape index (κ2) is 8.44. The minimum atomic E-state index is -0.411. The summed E-state index contributed by atoms with van der Waals surface area (Å²) in [7, 11) is 4.43. The van der Waals surface area contributed by atoms with Crippen LogP contribution in [0.15, 0.2) is 30.3 Å². The Morgan fingerprint density at radius 3 is 2.04 bits per heavy atom. The van der Waals surface area contributed by atoms with Crippen LogP contribution in [0.4, 0.5) is 11.4 Å². The van der Waals surface area contributed by atoms with E-state index in [1.54, 1.807) is 18.2 Å². The molecule has 0 bridgehead atoms. The number of carbonyl (C=O) groups is 2. The second-order valence-electron chi connectivity index (χ2n) is 5.24. The van der Waals surface area contributed by atoms with Gasteiger partial charge in [0.1, 0.15) is 5.75 Å². The van der Waals surface area contributed by atoms with E-state index < -0.39 is 5.91 Å². The zero-order valence-corrected chi connectivity index (χ0v) is 15.6. The molecule has 2 rings (SSSR count). The maximum atomic E-state index is 12.6. The fourth-order valence-electron chi connectivity index (χ4n) is 2.29. The molecule has 2 amide bonds. The number of benzene rings is 2. The summed E-state index contributed by atoms with van der Waals surface area (Å²) < 4.78 is 15.7. The number of hydrogen-bond donors (Lipinski definition) is 2. The second-order valence-corrected chi connectivity index (χ2v) is 5.64. The van der Waals surface area contributed by atoms with E-state index in [1.165, 1.54) is 40.4 Å². The lowest BCUT2D eigenvalue weighted by molar-refractivity contribution is -0.114. The van der Waals surface area contributed by atoms with Gasteiger partial charge in [0.25, 0.3) is 5.91 Å². The molecule has 7 nitrogen and oxygen atoms in total. The summed E-state index contributed by atoms with van der Waals surface area (Å²) in [6.07, 6.45) is 0. The first-order valence-electron chi connectivity index (χ1n) is 7.58. The molecule has 0 saturated carbocycles. The predicted molar refractivity (Wildman–Crippen MR) is 99.8 cm³/mol. The molecular weight excluding hydrogens is 360 g/mol. The van der Waals surface area contributed by atoms with Gasteiger partial charge in [0.2, 0.25) is 5.91 Å². The van der Waals surface area contributed by atoms with Crippen molar-refractivity contribution in [3.05, 3.63) is 40.9 Å². The van der Waals surface area contributed by atoms with Gasteiger partial charge in [-0.05, 0) is 18.2 Å². The molecule has 0 aromatic heterocycles. The number of hydrogen-bond acceptors (Lipinski definition) is 5. The molecule has 0 aliphatic carbocycles. The van der Waals surface area contributed by atoms with E-state index >= 15 is 0 Å². The highest BCUT2D eigenvalue weighted by Crippen LogP contribution is 2.35. The Bertz CT molecular complexity index is 839. The number of ether oxygens (including phenoxy) is 3. The lowest BCUT2D eigenvalue weighted by Gasteiger charge is -2.14. The summed E-state index contributed by atoms with van der Waals surface area (Å²) in [6, 6.07) is 7.87. The van der Waals surface area contributed by atoms with E-state index in [4.69, 9.17) is 25.8 Å². The Hall–Kier alpha value is -2.93. The van der Waals surface area contributed by atoms with Crippen LogP contribution in [-0.2, 0) is 4.79 Å². The lowest BCUT2D eigenvalue weighted by Crippen LogP contribution is -2.14. The molecule has 8 heteroatoms. The van der Waals surface area contributed by atoms with Crippen molar-refractivity contribution in [3.8, 4) is 17.2 Å². The Kier molecular flexibility index (Phi) is 6.30. The molecule has 0 aliphatic rings. The molecule has 0 fully saturated rings. The van der Waals surface area contributed by atoms with Crippen LogP contribution in [0.5, 0.6) is 17.2 Å². The Labute approximate surface area is 156 Å². The smallest absolute Gasteiger partial charge is 0.259 e. The minimum Gasteiger partial charge on any atom is -0.496 e. The largest absolute Gasteiger partial charge is 0.496 e. The van der Waals surface area contributed by atoms with Gasteiger partial charge in [0.15, 0.2) is 11.5 Å². The molecule has 2 N–H and O–H groups in total. The summed E-state index contributed by atoms with van der Waals surface area (Å²) in [6.45, 7) is 1.38. The van der Waals surface area contributed by atoms with Gasteiger partial charge in [-0.25, -0.2) is 0 Å². The molecule has 2 aromatic carbocycles. The third-order valence-corrected chi connectivity index (χ3v) is 3.80. The zero-order chi connectivity index (χ0) is 19.3.